The van der Waals surface area contributed by atoms with E-state index >= 15 is 0 Å². The summed E-state index contributed by atoms with van der Waals surface area (Å²) in [7, 11) is 1.66. The van der Waals surface area contributed by atoms with E-state index in [1.165, 1.54) is 11.8 Å². The van der Waals surface area contributed by atoms with Crippen LogP contribution < -0.4 is 5.32 Å². The molecule has 19 heavy (non-hydrogen) atoms. The Morgan fingerprint density at radius 1 is 1.47 bits per heavy atom. The van der Waals surface area contributed by atoms with E-state index in [4.69, 9.17) is 21.4 Å². The molecule has 0 bridgehead atoms. The number of methoxy groups -OCH3 is 1. The van der Waals surface area contributed by atoms with Crippen LogP contribution in [0.25, 0.3) is 0 Å². The number of nitrogens with one attached hydrogen (secondary N) is 1. The third kappa shape index (κ3) is 6.12. The Labute approximate surface area is 123 Å². The van der Waals surface area contributed by atoms with Gasteiger partial charge in [0.05, 0.1) is 19.3 Å². The van der Waals surface area contributed by atoms with Gasteiger partial charge in [-0.3, -0.25) is 0 Å². The van der Waals surface area contributed by atoms with Crippen molar-refractivity contribution in [3.05, 3.63) is 28.8 Å². The van der Waals surface area contributed by atoms with Crippen LogP contribution in [0.3, 0.4) is 0 Å². The molecule has 1 aromatic rings. The van der Waals surface area contributed by atoms with Gasteiger partial charge in [0, 0.05) is 35.9 Å². The number of aliphatic hydroxyl groups excluding tert-OH is 2. The molecule has 0 fully saturated rings. The highest BCUT2D eigenvalue weighted by molar-refractivity contribution is 7.99. The molecule has 1 unspecified atom stereocenters. The van der Waals surface area contributed by atoms with Crippen molar-refractivity contribution < 1.29 is 14.9 Å². The highest BCUT2D eigenvalue weighted by atomic mass is 35.5. The topological polar surface area (TPSA) is 61.7 Å². The first-order valence-corrected chi connectivity index (χ1v) is 7.44. The molecule has 6 heteroatoms. The SMILES string of the molecule is COCCNCc1c(Cl)cccc1SCC(O)CO. The molecule has 108 valence electrons. The van der Waals surface area contributed by atoms with E-state index in [1.807, 2.05) is 18.2 Å². The van der Waals surface area contributed by atoms with Crippen molar-refractivity contribution in [1.29, 1.82) is 0 Å². The Balaban J connectivity index is 2.61. The van der Waals surface area contributed by atoms with Gasteiger partial charge in [0.1, 0.15) is 0 Å². The van der Waals surface area contributed by atoms with E-state index in [1.54, 1.807) is 7.11 Å². The van der Waals surface area contributed by atoms with E-state index in [0.29, 0.717) is 23.9 Å². The molecule has 0 amide bonds. The quantitative estimate of drug-likeness (QED) is 0.477. The zero-order chi connectivity index (χ0) is 14.1. The number of hydrogen-bond acceptors (Lipinski definition) is 5. The largest absolute Gasteiger partial charge is 0.394 e. The zero-order valence-electron chi connectivity index (χ0n) is 10.9. The number of rotatable bonds is 9. The lowest BCUT2D eigenvalue weighted by atomic mass is 10.2. The molecule has 1 rings (SSSR count). The van der Waals surface area contributed by atoms with Gasteiger partial charge in [-0.05, 0) is 17.7 Å². The van der Waals surface area contributed by atoms with Crippen LogP contribution >= 0.6 is 23.4 Å². The normalized spacial score (nSPS) is 12.6. The van der Waals surface area contributed by atoms with Gasteiger partial charge >= 0.3 is 0 Å². The van der Waals surface area contributed by atoms with Gasteiger partial charge in [-0.15, -0.1) is 11.8 Å². The second-order valence-corrected chi connectivity index (χ2v) is 5.50. The van der Waals surface area contributed by atoms with Crippen LogP contribution in [0.5, 0.6) is 0 Å². The highest BCUT2D eigenvalue weighted by Crippen LogP contribution is 2.28. The number of halogens is 1. The maximum Gasteiger partial charge on any atom is 0.0864 e. The summed E-state index contributed by atoms with van der Waals surface area (Å²) in [4.78, 5) is 1.02. The molecule has 3 N–H and O–H groups in total. The molecule has 1 aromatic carbocycles. The fourth-order valence-electron chi connectivity index (χ4n) is 1.47. The van der Waals surface area contributed by atoms with Gasteiger partial charge in [-0.25, -0.2) is 0 Å². The predicted octanol–water partition coefficient (Wildman–Crippen LogP) is 1.52. The summed E-state index contributed by atoms with van der Waals surface area (Å²) in [5.41, 5.74) is 1.01. The number of benzene rings is 1. The van der Waals surface area contributed by atoms with Crippen molar-refractivity contribution in [3.63, 3.8) is 0 Å². The van der Waals surface area contributed by atoms with Gasteiger partial charge in [0.25, 0.3) is 0 Å². The molecule has 0 saturated carbocycles. The van der Waals surface area contributed by atoms with E-state index in [2.05, 4.69) is 5.32 Å². The van der Waals surface area contributed by atoms with Crippen molar-refractivity contribution in [3.8, 4) is 0 Å². The maximum absolute atomic E-state index is 9.39. The van der Waals surface area contributed by atoms with Crippen LogP contribution in [-0.2, 0) is 11.3 Å². The van der Waals surface area contributed by atoms with Crippen LogP contribution in [-0.4, -0.2) is 48.9 Å². The van der Waals surface area contributed by atoms with Crippen LogP contribution in [0, 0.1) is 0 Å². The first kappa shape index (κ1) is 16.8. The average Bonchev–Trinajstić information content (AvgIpc) is 2.42. The Morgan fingerprint density at radius 3 is 2.95 bits per heavy atom. The second-order valence-electron chi connectivity index (χ2n) is 4.03. The summed E-state index contributed by atoms with van der Waals surface area (Å²) in [5, 5.41) is 22.2. The summed E-state index contributed by atoms with van der Waals surface area (Å²) in [5.74, 6) is 0.446. The van der Waals surface area contributed by atoms with Crippen molar-refractivity contribution in [1.82, 2.24) is 5.32 Å². The standard InChI is InChI=1S/C13H20ClNO3S/c1-18-6-5-15-7-11-12(14)3-2-4-13(11)19-9-10(17)8-16/h2-4,10,15-17H,5-9H2,1H3. The van der Waals surface area contributed by atoms with E-state index in [-0.39, 0.29) is 6.61 Å². The van der Waals surface area contributed by atoms with Crippen molar-refractivity contribution in [2.24, 2.45) is 0 Å². The summed E-state index contributed by atoms with van der Waals surface area (Å²) in [6, 6.07) is 5.70. The van der Waals surface area contributed by atoms with Gasteiger partial charge < -0.3 is 20.3 Å². The lowest BCUT2D eigenvalue weighted by Crippen LogP contribution is -2.19. The number of aliphatic hydroxyl groups is 2. The molecule has 4 nitrogen and oxygen atoms in total. The molecule has 1 atom stereocenters. The van der Waals surface area contributed by atoms with Crippen molar-refractivity contribution >= 4 is 23.4 Å². The Bertz CT molecular complexity index is 379. The smallest absolute Gasteiger partial charge is 0.0864 e. The number of hydrogen-bond donors (Lipinski definition) is 3. The van der Waals surface area contributed by atoms with Crippen LogP contribution in [0.2, 0.25) is 5.02 Å². The molecular formula is C13H20ClNO3S. The number of ether oxygens (including phenoxy) is 1. The molecule has 0 heterocycles. The molecule has 0 radical (unpaired) electrons. The third-order valence-electron chi connectivity index (χ3n) is 2.50. The lowest BCUT2D eigenvalue weighted by Gasteiger charge is -2.13. The van der Waals surface area contributed by atoms with Gasteiger partial charge in [-0.2, -0.15) is 0 Å². The summed E-state index contributed by atoms with van der Waals surface area (Å²) >= 11 is 7.69. The maximum atomic E-state index is 9.39. The molecule has 0 aromatic heterocycles. The summed E-state index contributed by atoms with van der Waals surface area (Å²) in [6.07, 6.45) is -0.710. The molecule has 0 aliphatic carbocycles. The zero-order valence-corrected chi connectivity index (χ0v) is 12.5. The van der Waals surface area contributed by atoms with Crippen molar-refractivity contribution in [2.45, 2.75) is 17.5 Å². The van der Waals surface area contributed by atoms with Crippen molar-refractivity contribution in [2.75, 3.05) is 32.6 Å². The summed E-state index contributed by atoms with van der Waals surface area (Å²) in [6.45, 7) is 1.83. The minimum absolute atomic E-state index is 0.227. The second kappa shape index (κ2) is 9.58. The Kier molecular flexibility index (Phi) is 8.45. The van der Waals surface area contributed by atoms with Crippen LogP contribution in [0.4, 0.5) is 0 Å². The minimum atomic E-state index is -0.710. The molecule has 0 spiro atoms. The molecule has 0 aliphatic heterocycles. The van der Waals surface area contributed by atoms with Gasteiger partial charge in [-0.1, -0.05) is 17.7 Å². The first-order chi connectivity index (χ1) is 9.19. The summed E-state index contributed by atoms with van der Waals surface area (Å²) < 4.78 is 4.97. The minimum Gasteiger partial charge on any atom is -0.394 e. The molecular weight excluding hydrogens is 286 g/mol. The fraction of sp³-hybridized carbons (Fsp3) is 0.538. The Morgan fingerprint density at radius 2 is 2.26 bits per heavy atom. The average molecular weight is 306 g/mol. The third-order valence-corrected chi connectivity index (χ3v) is 4.10. The van der Waals surface area contributed by atoms with E-state index in [0.717, 1.165) is 17.0 Å². The number of thioether (sulfide) groups is 1. The van der Waals surface area contributed by atoms with Crippen LogP contribution in [0.15, 0.2) is 23.1 Å². The molecule has 0 aliphatic rings. The monoisotopic (exact) mass is 305 g/mol. The van der Waals surface area contributed by atoms with E-state index in [9.17, 15) is 5.11 Å². The van der Waals surface area contributed by atoms with Crippen LogP contribution in [0.1, 0.15) is 5.56 Å². The highest BCUT2D eigenvalue weighted by Gasteiger charge is 2.09. The fourth-order valence-corrected chi connectivity index (χ4v) is 2.78. The van der Waals surface area contributed by atoms with E-state index < -0.39 is 6.10 Å². The lowest BCUT2D eigenvalue weighted by molar-refractivity contribution is 0.113. The predicted molar refractivity (Wildman–Crippen MR) is 78.9 cm³/mol. The van der Waals surface area contributed by atoms with Gasteiger partial charge in [0.15, 0.2) is 0 Å². The van der Waals surface area contributed by atoms with Gasteiger partial charge in [0.2, 0.25) is 0 Å². The Hall–Kier alpha value is -0.300. The molecule has 0 saturated heterocycles. The first-order valence-electron chi connectivity index (χ1n) is 6.07.